The van der Waals surface area contributed by atoms with E-state index in [-0.39, 0.29) is 36.4 Å². The summed E-state index contributed by atoms with van der Waals surface area (Å²) >= 11 is 0. The average molecular weight is 539 g/mol. The number of sulfonamides is 1. The molecule has 8 nitrogen and oxygen atoms in total. The van der Waals surface area contributed by atoms with E-state index < -0.39 is 16.3 Å². The molecule has 0 amide bonds. The Labute approximate surface area is 223 Å². The molecule has 0 bridgehead atoms. The second-order valence-electron chi connectivity index (χ2n) is 9.87. The lowest BCUT2D eigenvalue weighted by Gasteiger charge is -2.38. The molecule has 2 saturated heterocycles. The lowest BCUT2D eigenvalue weighted by molar-refractivity contribution is -0.253. The summed E-state index contributed by atoms with van der Waals surface area (Å²) in [4.78, 5) is 2.47. The number of hydrogen-bond donors (Lipinski definition) is 3. The van der Waals surface area contributed by atoms with Crippen molar-refractivity contribution in [3.63, 3.8) is 0 Å². The summed E-state index contributed by atoms with van der Waals surface area (Å²) in [5, 5.41) is 19.2. The number of nitrogens with zero attached hydrogens (tertiary/aromatic N) is 1. The summed E-state index contributed by atoms with van der Waals surface area (Å²) in [6.45, 7) is 1.70. The van der Waals surface area contributed by atoms with Gasteiger partial charge >= 0.3 is 0 Å². The number of aliphatic hydroxyl groups is 2. The SMILES string of the molecule is O=S(=O)(Nc1cccc(C2O[C@H](CN3CCC[C@H]3CO)C[C@H](c3ccc(CO)cc3)O2)c1)c1ccccc1. The molecule has 0 aliphatic carbocycles. The Morgan fingerprint density at radius 2 is 1.71 bits per heavy atom. The van der Waals surface area contributed by atoms with Crippen molar-refractivity contribution in [1.29, 1.82) is 0 Å². The van der Waals surface area contributed by atoms with Gasteiger partial charge in [-0.05, 0) is 54.8 Å². The summed E-state index contributed by atoms with van der Waals surface area (Å²) < 4.78 is 41.2. The van der Waals surface area contributed by atoms with Crippen LogP contribution in [0.25, 0.3) is 0 Å². The summed E-state index contributed by atoms with van der Waals surface area (Å²) in [5.41, 5.74) is 2.95. The van der Waals surface area contributed by atoms with Crippen LogP contribution in [-0.2, 0) is 26.1 Å². The van der Waals surface area contributed by atoms with E-state index in [4.69, 9.17) is 9.47 Å². The van der Waals surface area contributed by atoms with Crippen LogP contribution in [0.4, 0.5) is 5.69 Å². The van der Waals surface area contributed by atoms with Crippen LogP contribution in [0.15, 0.2) is 83.8 Å². The van der Waals surface area contributed by atoms with Gasteiger partial charge in [0.15, 0.2) is 6.29 Å². The van der Waals surface area contributed by atoms with E-state index in [9.17, 15) is 18.6 Å². The third kappa shape index (κ3) is 6.26. The highest BCUT2D eigenvalue weighted by Gasteiger charge is 2.35. The van der Waals surface area contributed by atoms with Crippen LogP contribution in [0.2, 0.25) is 0 Å². The van der Waals surface area contributed by atoms with Crippen LogP contribution in [0, 0.1) is 0 Å². The van der Waals surface area contributed by atoms with Crippen LogP contribution >= 0.6 is 0 Å². The average Bonchev–Trinajstić information content (AvgIpc) is 3.40. The van der Waals surface area contributed by atoms with Crippen molar-refractivity contribution < 1.29 is 28.1 Å². The number of rotatable bonds is 9. The van der Waals surface area contributed by atoms with Crippen LogP contribution in [0.5, 0.6) is 0 Å². The molecule has 0 radical (unpaired) electrons. The molecule has 202 valence electrons. The molecule has 2 heterocycles. The normalized spacial score (nSPS) is 24.4. The van der Waals surface area contributed by atoms with E-state index >= 15 is 0 Å². The minimum absolute atomic E-state index is 0.0244. The van der Waals surface area contributed by atoms with Gasteiger partial charge in [-0.1, -0.05) is 54.6 Å². The Hall–Kier alpha value is -2.79. The second kappa shape index (κ2) is 11.9. The fourth-order valence-electron chi connectivity index (χ4n) is 5.20. The molecule has 9 heteroatoms. The van der Waals surface area contributed by atoms with Crippen molar-refractivity contribution in [3.8, 4) is 0 Å². The predicted octanol–water partition coefficient (Wildman–Crippen LogP) is 3.98. The number of nitrogens with one attached hydrogen (secondary N) is 1. The summed E-state index contributed by atoms with van der Waals surface area (Å²) in [6, 6.07) is 23.2. The molecule has 2 aliphatic rings. The van der Waals surface area contributed by atoms with Crippen molar-refractivity contribution in [2.24, 2.45) is 0 Å². The van der Waals surface area contributed by atoms with E-state index in [0.717, 1.165) is 30.5 Å². The molecule has 2 aliphatic heterocycles. The lowest BCUT2D eigenvalue weighted by Crippen LogP contribution is -2.42. The maximum absolute atomic E-state index is 12.9. The van der Waals surface area contributed by atoms with Crippen LogP contribution in [0.1, 0.15) is 48.3 Å². The summed E-state index contributed by atoms with van der Waals surface area (Å²) in [6.07, 6.45) is 1.57. The van der Waals surface area contributed by atoms with Gasteiger partial charge in [0.1, 0.15) is 0 Å². The van der Waals surface area contributed by atoms with E-state index in [1.807, 2.05) is 30.3 Å². The fourth-order valence-corrected chi connectivity index (χ4v) is 6.27. The summed E-state index contributed by atoms with van der Waals surface area (Å²) in [5.74, 6) is 0. The molecule has 4 atom stereocenters. The van der Waals surface area contributed by atoms with Crippen molar-refractivity contribution in [1.82, 2.24) is 4.90 Å². The van der Waals surface area contributed by atoms with Gasteiger partial charge in [0, 0.05) is 30.3 Å². The molecule has 1 unspecified atom stereocenters. The minimum atomic E-state index is -3.74. The third-order valence-corrected chi connectivity index (χ3v) is 8.62. The van der Waals surface area contributed by atoms with E-state index in [0.29, 0.717) is 24.2 Å². The van der Waals surface area contributed by atoms with Crippen molar-refractivity contribution in [2.75, 3.05) is 24.4 Å². The largest absolute Gasteiger partial charge is 0.395 e. The maximum atomic E-state index is 12.9. The highest BCUT2D eigenvalue weighted by molar-refractivity contribution is 7.92. The van der Waals surface area contributed by atoms with Crippen LogP contribution in [-0.4, -0.2) is 55.4 Å². The van der Waals surface area contributed by atoms with E-state index in [1.54, 1.807) is 48.5 Å². The summed E-state index contributed by atoms with van der Waals surface area (Å²) in [7, 11) is -3.74. The first-order valence-electron chi connectivity index (χ1n) is 13.0. The molecule has 3 N–H and O–H groups in total. The molecular formula is C29H34N2O6S. The van der Waals surface area contributed by atoms with E-state index in [1.165, 1.54) is 0 Å². The van der Waals surface area contributed by atoms with Gasteiger partial charge in [-0.15, -0.1) is 0 Å². The van der Waals surface area contributed by atoms with Gasteiger partial charge < -0.3 is 19.7 Å². The van der Waals surface area contributed by atoms with Crippen LogP contribution < -0.4 is 4.72 Å². The first-order valence-corrected chi connectivity index (χ1v) is 14.5. The van der Waals surface area contributed by atoms with Crippen LogP contribution in [0.3, 0.4) is 0 Å². The van der Waals surface area contributed by atoms with Crippen molar-refractivity contribution in [3.05, 3.63) is 95.6 Å². The van der Waals surface area contributed by atoms with Gasteiger partial charge in [0.05, 0.1) is 30.3 Å². The van der Waals surface area contributed by atoms with Gasteiger partial charge in [0.2, 0.25) is 0 Å². The fraction of sp³-hybridized carbons (Fsp3) is 0.379. The van der Waals surface area contributed by atoms with Gasteiger partial charge in [-0.2, -0.15) is 0 Å². The molecular weight excluding hydrogens is 504 g/mol. The number of ether oxygens (including phenoxy) is 2. The first-order chi connectivity index (χ1) is 18.4. The monoisotopic (exact) mass is 538 g/mol. The smallest absolute Gasteiger partial charge is 0.261 e. The highest BCUT2D eigenvalue weighted by Crippen LogP contribution is 2.39. The Bertz CT molecular complexity index is 1300. The number of hydrogen-bond acceptors (Lipinski definition) is 7. The predicted molar refractivity (Wildman–Crippen MR) is 144 cm³/mol. The molecule has 3 aromatic carbocycles. The first kappa shape index (κ1) is 26.8. The zero-order chi connectivity index (χ0) is 26.5. The Balaban J connectivity index is 1.38. The minimum Gasteiger partial charge on any atom is -0.395 e. The molecule has 38 heavy (non-hydrogen) atoms. The van der Waals surface area contributed by atoms with E-state index in [2.05, 4.69) is 9.62 Å². The zero-order valence-corrected chi connectivity index (χ0v) is 22.0. The Morgan fingerprint density at radius 1 is 0.921 bits per heavy atom. The number of aliphatic hydroxyl groups excluding tert-OH is 2. The van der Waals surface area contributed by atoms with Crippen molar-refractivity contribution in [2.45, 2.75) is 55.3 Å². The highest BCUT2D eigenvalue weighted by atomic mass is 32.2. The zero-order valence-electron chi connectivity index (χ0n) is 21.1. The number of anilines is 1. The quantitative estimate of drug-likeness (QED) is 0.378. The number of benzene rings is 3. The molecule has 5 rings (SSSR count). The molecule has 0 aromatic heterocycles. The third-order valence-electron chi connectivity index (χ3n) is 7.23. The lowest BCUT2D eigenvalue weighted by atomic mass is 9.99. The van der Waals surface area contributed by atoms with Gasteiger partial charge in [-0.25, -0.2) is 8.42 Å². The number of likely N-dealkylation sites (tertiary alicyclic amines) is 1. The Morgan fingerprint density at radius 3 is 2.45 bits per heavy atom. The van der Waals surface area contributed by atoms with Gasteiger partial charge in [0.25, 0.3) is 10.0 Å². The van der Waals surface area contributed by atoms with Crippen molar-refractivity contribution >= 4 is 15.7 Å². The Kier molecular flexibility index (Phi) is 8.42. The second-order valence-corrected chi connectivity index (χ2v) is 11.6. The molecule has 0 spiro atoms. The standard InChI is InChI=1S/C29H34N2O6S/c32-19-21-11-13-22(14-12-21)28-17-26(18-31-15-5-8-25(31)20-33)36-29(37-28)23-6-4-7-24(16-23)30-38(34,35)27-9-2-1-3-10-27/h1-4,6-7,9-14,16,25-26,28-30,32-33H,5,8,15,17-20H2/t25-,26-,28+,29?/m0/s1. The maximum Gasteiger partial charge on any atom is 0.261 e. The van der Waals surface area contributed by atoms with Gasteiger partial charge in [-0.3, -0.25) is 9.62 Å². The topological polar surface area (TPSA) is 108 Å². The molecule has 3 aromatic rings. The molecule has 0 saturated carbocycles. The molecule has 2 fully saturated rings.